The van der Waals surface area contributed by atoms with Gasteiger partial charge in [-0.05, 0) is 24.2 Å². The first-order valence-corrected chi connectivity index (χ1v) is 6.02. The lowest BCUT2D eigenvalue weighted by Crippen LogP contribution is -2.56. The van der Waals surface area contributed by atoms with Gasteiger partial charge in [-0.3, -0.25) is 4.90 Å². The quantitative estimate of drug-likeness (QED) is 0.723. The van der Waals surface area contributed by atoms with Crippen molar-refractivity contribution in [2.45, 2.75) is 39.7 Å². The Morgan fingerprint density at radius 2 is 2.00 bits per heavy atom. The normalized spacial score (nSPS) is 30.6. The molecule has 0 aromatic carbocycles. The van der Waals surface area contributed by atoms with Crippen LogP contribution in [0.1, 0.15) is 33.6 Å². The van der Waals surface area contributed by atoms with Gasteiger partial charge in [0, 0.05) is 32.2 Å². The van der Waals surface area contributed by atoms with Crippen molar-refractivity contribution in [3.05, 3.63) is 0 Å². The Labute approximate surface area is 88.1 Å². The molecule has 0 bridgehead atoms. The van der Waals surface area contributed by atoms with Gasteiger partial charge in [0.25, 0.3) is 0 Å². The van der Waals surface area contributed by atoms with Gasteiger partial charge < -0.3 is 5.32 Å². The highest BCUT2D eigenvalue weighted by molar-refractivity contribution is 4.91. The van der Waals surface area contributed by atoms with Crippen molar-refractivity contribution in [3.8, 4) is 0 Å². The SMILES string of the molecule is CC(C)(C)C1CNCCN1CC1CC1. The predicted octanol–water partition coefficient (Wildman–Crippen LogP) is 1.72. The van der Waals surface area contributed by atoms with Gasteiger partial charge in [-0.1, -0.05) is 20.8 Å². The molecule has 82 valence electrons. The van der Waals surface area contributed by atoms with Crippen LogP contribution in [0.4, 0.5) is 0 Å². The molecule has 1 heterocycles. The highest BCUT2D eigenvalue weighted by atomic mass is 15.2. The smallest absolute Gasteiger partial charge is 0.0269 e. The molecule has 0 aromatic rings. The molecule has 0 amide bonds. The number of nitrogens with zero attached hydrogens (tertiary/aromatic N) is 1. The fourth-order valence-electron chi connectivity index (χ4n) is 2.45. The average molecular weight is 196 g/mol. The fourth-order valence-corrected chi connectivity index (χ4v) is 2.45. The van der Waals surface area contributed by atoms with Crippen molar-refractivity contribution in [1.29, 1.82) is 0 Å². The second kappa shape index (κ2) is 3.82. The maximum atomic E-state index is 3.52. The summed E-state index contributed by atoms with van der Waals surface area (Å²) in [4.78, 5) is 2.72. The topological polar surface area (TPSA) is 15.3 Å². The minimum atomic E-state index is 0.419. The molecule has 0 aromatic heterocycles. The first-order valence-electron chi connectivity index (χ1n) is 6.02. The highest BCUT2D eigenvalue weighted by Crippen LogP contribution is 2.33. The third-order valence-corrected chi connectivity index (χ3v) is 3.54. The van der Waals surface area contributed by atoms with Gasteiger partial charge in [-0.15, -0.1) is 0 Å². The van der Waals surface area contributed by atoms with Crippen LogP contribution in [0.25, 0.3) is 0 Å². The van der Waals surface area contributed by atoms with Crippen molar-refractivity contribution >= 4 is 0 Å². The van der Waals surface area contributed by atoms with Crippen molar-refractivity contribution in [2.24, 2.45) is 11.3 Å². The van der Waals surface area contributed by atoms with Crippen LogP contribution in [0.2, 0.25) is 0 Å². The van der Waals surface area contributed by atoms with E-state index in [9.17, 15) is 0 Å². The summed E-state index contributed by atoms with van der Waals surface area (Å²) < 4.78 is 0. The van der Waals surface area contributed by atoms with Crippen LogP contribution in [-0.4, -0.2) is 37.1 Å². The maximum Gasteiger partial charge on any atom is 0.0269 e. The molecule has 2 aliphatic rings. The van der Waals surface area contributed by atoms with Gasteiger partial charge in [0.2, 0.25) is 0 Å². The van der Waals surface area contributed by atoms with E-state index in [1.807, 2.05) is 0 Å². The van der Waals surface area contributed by atoms with Crippen LogP contribution < -0.4 is 5.32 Å². The average Bonchev–Trinajstić information content (AvgIpc) is 2.87. The van der Waals surface area contributed by atoms with Gasteiger partial charge in [0.05, 0.1) is 0 Å². The predicted molar refractivity (Wildman–Crippen MR) is 60.4 cm³/mol. The first kappa shape index (κ1) is 10.4. The van der Waals surface area contributed by atoms with Crippen molar-refractivity contribution in [1.82, 2.24) is 10.2 Å². The zero-order valence-corrected chi connectivity index (χ0v) is 9.84. The molecule has 0 spiro atoms. The Kier molecular flexibility index (Phi) is 2.85. The summed E-state index contributed by atoms with van der Waals surface area (Å²) in [6.45, 7) is 12.1. The zero-order valence-electron chi connectivity index (χ0n) is 9.84. The molecule has 0 radical (unpaired) electrons. The van der Waals surface area contributed by atoms with E-state index in [4.69, 9.17) is 0 Å². The van der Waals surface area contributed by atoms with Crippen molar-refractivity contribution in [2.75, 3.05) is 26.2 Å². The Morgan fingerprint density at radius 1 is 1.29 bits per heavy atom. The molecular weight excluding hydrogens is 172 g/mol. The van der Waals surface area contributed by atoms with Crippen LogP contribution in [-0.2, 0) is 0 Å². The van der Waals surface area contributed by atoms with Crippen LogP contribution in [0.3, 0.4) is 0 Å². The minimum absolute atomic E-state index is 0.419. The number of hydrogen-bond donors (Lipinski definition) is 1. The van der Waals surface area contributed by atoms with Crippen LogP contribution in [0.5, 0.6) is 0 Å². The molecule has 2 rings (SSSR count). The lowest BCUT2D eigenvalue weighted by molar-refractivity contribution is 0.0714. The molecule has 1 N–H and O–H groups in total. The summed E-state index contributed by atoms with van der Waals surface area (Å²) in [6, 6.07) is 0.733. The Hall–Kier alpha value is -0.0800. The zero-order chi connectivity index (χ0) is 10.2. The molecule has 1 aliphatic heterocycles. The van der Waals surface area contributed by atoms with E-state index in [1.165, 1.54) is 39.0 Å². The summed E-state index contributed by atoms with van der Waals surface area (Å²) >= 11 is 0. The standard InChI is InChI=1S/C12H24N2/c1-12(2,3)11-8-13-6-7-14(11)9-10-4-5-10/h10-11,13H,4-9H2,1-3H3. The van der Waals surface area contributed by atoms with E-state index in [-0.39, 0.29) is 0 Å². The van der Waals surface area contributed by atoms with E-state index in [2.05, 4.69) is 31.0 Å². The number of rotatable bonds is 2. The lowest BCUT2D eigenvalue weighted by Gasteiger charge is -2.43. The summed E-state index contributed by atoms with van der Waals surface area (Å²) in [5.74, 6) is 1.03. The third-order valence-electron chi connectivity index (χ3n) is 3.54. The largest absolute Gasteiger partial charge is 0.314 e. The Morgan fingerprint density at radius 3 is 2.57 bits per heavy atom. The van der Waals surface area contributed by atoms with E-state index in [0.29, 0.717) is 5.41 Å². The second-order valence-corrected chi connectivity index (χ2v) is 6.02. The maximum absolute atomic E-state index is 3.52. The molecule has 1 unspecified atom stereocenters. The molecule has 1 saturated carbocycles. The minimum Gasteiger partial charge on any atom is -0.314 e. The summed E-state index contributed by atoms with van der Waals surface area (Å²) in [7, 11) is 0. The highest BCUT2D eigenvalue weighted by Gasteiger charge is 2.35. The number of hydrogen-bond acceptors (Lipinski definition) is 2. The molecule has 14 heavy (non-hydrogen) atoms. The van der Waals surface area contributed by atoms with Gasteiger partial charge >= 0.3 is 0 Å². The van der Waals surface area contributed by atoms with E-state index < -0.39 is 0 Å². The Bertz CT molecular complexity index is 191. The van der Waals surface area contributed by atoms with Gasteiger partial charge in [-0.2, -0.15) is 0 Å². The first-order chi connectivity index (χ1) is 6.57. The van der Waals surface area contributed by atoms with E-state index in [0.717, 1.165) is 12.0 Å². The van der Waals surface area contributed by atoms with Gasteiger partial charge in [0.15, 0.2) is 0 Å². The molecule has 2 fully saturated rings. The van der Waals surface area contributed by atoms with E-state index in [1.54, 1.807) is 0 Å². The van der Waals surface area contributed by atoms with Crippen molar-refractivity contribution in [3.63, 3.8) is 0 Å². The molecule has 1 atom stereocenters. The lowest BCUT2D eigenvalue weighted by atomic mass is 9.84. The van der Waals surface area contributed by atoms with Crippen LogP contribution >= 0.6 is 0 Å². The number of nitrogens with one attached hydrogen (secondary N) is 1. The molecular formula is C12H24N2. The van der Waals surface area contributed by atoms with E-state index >= 15 is 0 Å². The summed E-state index contributed by atoms with van der Waals surface area (Å²) in [6.07, 6.45) is 2.95. The Balaban J connectivity index is 1.95. The third kappa shape index (κ3) is 2.48. The second-order valence-electron chi connectivity index (χ2n) is 6.02. The monoisotopic (exact) mass is 196 g/mol. The van der Waals surface area contributed by atoms with Gasteiger partial charge in [0.1, 0.15) is 0 Å². The molecule has 2 nitrogen and oxygen atoms in total. The molecule has 2 heteroatoms. The summed E-state index contributed by atoms with van der Waals surface area (Å²) in [5.41, 5.74) is 0.419. The van der Waals surface area contributed by atoms with Crippen LogP contribution in [0, 0.1) is 11.3 Å². The summed E-state index contributed by atoms with van der Waals surface area (Å²) in [5, 5.41) is 3.52. The van der Waals surface area contributed by atoms with Gasteiger partial charge in [-0.25, -0.2) is 0 Å². The molecule has 1 aliphatic carbocycles. The number of piperazine rings is 1. The molecule has 1 saturated heterocycles. The van der Waals surface area contributed by atoms with Crippen molar-refractivity contribution < 1.29 is 0 Å². The van der Waals surface area contributed by atoms with Crippen LogP contribution in [0.15, 0.2) is 0 Å². The fraction of sp³-hybridized carbons (Fsp3) is 1.00.